The number of rotatable bonds is 21. The molecule has 0 aliphatic heterocycles. The van der Waals surface area contributed by atoms with Gasteiger partial charge in [0.15, 0.2) is 6.73 Å². The van der Waals surface area contributed by atoms with Crippen molar-refractivity contribution in [3.63, 3.8) is 0 Å². The molecule has 1 amide bonds. The SMILES string of the molecule is CC(=O)OCNC(=O)c1cc(N=C=O)c(N=C=O)c(C)c1C(F)(F)C(F)(F)C(F)(F)C(F)(F)C(F)(F)C(F)(F)C(F)(F)C(F)(F)C(F)(F)C(F)(F)C(F)(F)C(F)(F)C(F)(F)C(F)(F)C(F)(F)C(F)(F)C(F)(F)F. The average molecular weight is 1160 g/mol. The minimum absolute atomic E-state index is 0.299. The van der Waals surface area contributed by atoms with Crippen LogP contribution in [0.2, 0.25) is 0 Å². The topological polar surface area (TPSA) is 114 Å². The van der Waals surface area contributed by atoms with Crippen molar-refractivity contribution < 1.29 is 178 Å². The number of aliphatic imine (C=N–C) groups is 2. The first-order valence-corrected chi connectivity index (χ1v) is 16.5. The maximum Gasteiger partial charge on any atom is 0.460 e. The lowest BCUT2D eigenvalue weighted by molar-refractivity contribution is -0.492. The molecular formula is C30H10F35N3O5. The Kier molecular flexibility index (Phi) is 16.2. The van der Waals surface area contributed by atoms with E-state index in [1.807, 2.05) is 0 Å². The zero-order chi connectivity index (χ0) is 59.2. The molecule has 0 aromatic heterocycles. The van der Waals surface area contributed by atoms with Gasteiger partial charge in [-0.05, 0) is 18.6 Å². The van der Waals surface area contributed by atoms with Crippen LogP contribution in [0, 0.1) is 6.92 Å². The maximum atomic E-state index is 15.6. The van der Waals surface area contributed by atoms with E-state index in [0.717, 1.165) is 5.32 Å². The predicted molar refractivity (Wildman–Crippen MR) is 155 cm³/mol. The fourth-order valence-electron chi connectivity index (χ4n) is 5.09. The van der Waals surface area contributed by atoms with Crippen molar-refractivity contribution in [2.75, 3.05) is 6.73 Å². The number of isocyanates is 2. The Balaban J connectivity index is 4.33. The Bertz CT molecular complexity index is 2390. The molecule has 8 nitrogen and oxygen atoms in total. The van der Waals surface area contributed by atoms with E-state index in [1.165, 1.54) is 0 Å². The molecule has 0 saturated heterocycles. The van der Waals surface area contributed by atoms with Crippen molar-refractivity contribution >= 4 is 35.4 Å². The second-order valence-corrected chi connectivity index (χ2v) is 13.7. The van der Waals surface area contributed by atoms with Crippen LogP contribution in [-0.2, 0) is 25.0 Å². The number of carbonyl (C=O) groups is 2. The number of amides is 1. The van der Waals surface area contributed by atoms with Gasteiger partial charge in [-0.2, -0.15) is 164 Å². The van der Waals surface area contributed by atoms with Gasteiger partial charge in [0.1, 0.15) is 11.4 Å². The number of esters is 1. The summed E-state index contributed by atoms with van der Waals surface area (Å²) in [6.45, 7) is -1.55. The molecule has 0 saturated carbocycles. The lowest BCUT2D eigenvalue weighted by atomic mass is 9.81. The summed E-state index contributed by atoms with van der Waals surface area (Å²) < 4.78 is 498. The van der Waals surface area contributed by atoms with Gasteiger partial charge in [0, 0.05) is 12.5 Å². The number of nitrogens with zero attached hydrogens (tertiary/aromatic N) is 2. The first kappa shape index (κ1) is 65.5. The number of alkyl halides is 35. The van der Waals surface area contributed by atoms with Gasteiger partial charge >= 0.3 is 107 Å². The summed E-state index contributed by atoms with van der Waals surface area (Å²) in [6, 6.07) is -0.637. The predicted octanol–water partition coefficient (Wildman–Crippen LogP) is 12.4. The molecule has 1 aromatic carbocycles. The van der Waals surface area contributed by atoms with E-state index in [1.54, 1.807) is 0 Å². The number of benzene rings is 1. The number of hydrogen-bond donors (Lipinski definition) is 1. The zero-order valence-corrected chi connectivity index (χ0v) is 32.9. The Hall–Kier alpha value is -5.53. The lowest BCUT2D eigenvalue weighted by Gasteiger charge is -2.47. The van der Waals surface area contributed by atoms with Crippen LogP contribution < -0.4 is 5.32 Å². The van der Waals surface area contributed by atoms with Crippen LogP contribution in [0.5, 0.6) is 0 Å². The molecule has 0 aliphatic rings. The second-order valence-electron chi connectivity index (χ2n) is 13.7. The van der Waals surface area contributed by atoms with Gasteiger partial charge in [-0.1, -0.05) is 0 Å². The van der Waals surface area contributed by atoms with E-state index >= 15 is 17.6 Å². The second kappa shape index (κ2) is 18.1. The molecule has 0 radical (unpaired) electrons. The fraction of sp³-hybridized carbons (Fsp3) is 0.667. The van der Waals surface area contributed by atoms with Gasteiger partial charge in [0.2, 0.25) is 12.2 Å². The van der Waals surface area contributed by atoms with E-state index in [-0.39, 0.29) is 6.92 Å². The van der Waals surface area contributed by atoms with E-state index < -0.39 is 154 Å². The average Bonchev–Trinajstić information content (AvgIpc) is 3.20. The minimum Gasteiger partial charge on any atom is -0.445 e. The van der Waals surface area contributed by atoms with Crippen LogP contribution in [0.15, 0.2) is 16.1 Å². The fourth-order valence-corrected chi connectivity index (χ4v) is 5.09. The molecule has 0 fully saturated rings. The van der Waals surface area contributed by atoms with Crippen molar-refractivity contribution in [3.8, 4) is 0 Å². The Labute approximate surface area is 373 Å². The Morgan fingerprint density at radius 2 is 0.712 bits per heavy atom. The highest BCUT2D eigenvalue weighted by Crippen LogP contribution is 2.71. The summed E-state index contributed by atoms with van der Waals surface area (Å²) in [7, 11) is 0. The van der Waals surface area contributed by atoms with Crippen molar-refractivity contribution in [3.05, 3.63) is 22.8 Å². The molecule has 0 bridgehead atoms. The summed E-state index contributed by atoms with van der Waals surface area (Å²) in [6.07, 6.45) is -7.75. The highest BCUT2D eigenvalue weighted by atomic mass is 19.4. The molecule has 0 atom stereocenters. The van der Waals surface area contributed by atoms with Gasteiger partial charge in [-0.15, -0.1) is 0 Å². The summed E-state index contributed by atoms with van der Waals surface area (Å²) in [5.41, 5.74) is -12.0. The first-order chi connectivity index (χ1) is 31.6. The standard InChI is InChI=1S/C30H10F35N3O5/c1-7-11(9(13(72)68-6-73-8(2)71)3-10(66-4-69)12(7)67-5-70)14(31,32)15(33,34)16(35,36)17(37,38)18(39,40)19(41,42)20(43,44)21(45,46)22(47,48)23(49,50)24(51,52)25(53,54)26(55,56)27(57,58)28(59,60)29(61,62)30(63,64)65/h3H,6H2,1-2H3,(H,68,72). The Morgan fingerprint density at radius 1 is 0.452 bits per heavy atom. The number of hydrogen-bond acceptors (Lipinski definition) is 7. The van der Waals surface area contributed by atoms with E-state index in [9.17, 15) is 155 Å². The van der Waals surface area contributed by atoms with Gasteiger partial charge in [-0.25, -0.2) is 9.59 Å². The normalized spacial score (nSPS) is 15.4. The van der Waals surface area contributed by atoms with E-state index in [4.69, 9.17) is 0 Å². The summed E-state index contributed by atoms with van der Waals surface area (Å²) in [5, 5.41) is 1.07. The lowest BCUT2D eigenvalue weighted by Crippen LogP contribution is -2.80. The summed E-state index contributed by atoms with van der Waals surface area (Å²) in [4.78, 5) is 50.0. The van der Waals surface area contributed by atoms with E-state index in [2.05, 4.69) is 14.7 Å². The molecule has 0 heterocycles. The summed E-state index contributed by atoms with van der Waals surface area (Å²) >= 11 is 0. The monoisotopic (exact) mass is 1160 g/mol. The quantitative estimate of drug-likeness (QED) is 0.0433. The molecule has 1 N–H and O–H groups in total. The molecule has 1 aromatic rings. The molecular weight excluding hydrogens is 1150 g/mol. The molecule has 1 rings (SSSR count). The number of halogens is 35. The number of carbonyl (C=O) groups excluding carboxylic acids is 4. The molecule has 420 valence electrons. The van der Waals surface area contributed by atoms with Crippen molar-refractivity contribution in [1.29, 1.82) is 0 Å². The number of nitrogens with one attached hydrogen (secondary N) is 1. The van der Waals surface area contributed by atoms with Crippen LogP contribution in [0.3, 0.4) is 0 Å². The zero-order valence-electron chi connectivity index (χ0n) is 32.9. The van der Waals surface area contributed by atoms with Gasteiger partial charge in [0.05, 0.1) is 5.56 Å². The first-order valence-electron chi connectivity index (χ1n) is 16.5. The third-order valence-corrected chi connectivity index (χ3v) is 9.18. The molecule has 0 spiro atoms. The van der Waals surface area contributed by atoms with Crippen molar-refractivity contribution in [2.24, 2.45) is 9.98 Å². The van der Waals surface area contributed by atoms with Crippen LogP contribution in [0.4, 0.5) is 165 Å². The third kappa shape index (κ3) is 8.48. The molecule has 43 heteroatoms. The van der Waals surface area contributed by atoms with Crippen LogP contribution in [0.25, 0.3) is 0 Å². The Morgan fingerprint density at radius 3 is 0.959 bits per heavy atom. The summed E-state index contributed by atoms with van der Waals surface area (Å²) in [5.74, 6) is -162. The van der Waals surface area contributed by atoms with Crippen molar-refractivity contribution in [2.45, 2.75) is 115 Å². The highest BCUT2D eigenvalue weighted by Gasteiger charge is 3.02. The maximum absolute atomic E-state index is 15.6. The number of ether oxygens (including phenoxy) is 1. The molecule has 73 heavy (non-hydrogen) atoms. The van der Waals surface area contributed by atoms with Gasteiger partial charge < -0.3 is 10.1 Å². The molecule has 0 aliphatic carbocycles. The smallest absolute Gasteiger partial charge is 0.445 e. The van der Waals surface area contributed by atoms with Crippen LogP contribution in [0.1, 0.15) is 28.4 Å². The van der Waals surface area contributed by atoms with Gasteiger partial charge in [0.25, 0.3) is 5.91 Å². The van der Waals surface area contributed by atoms with E-state index in [0.29, 0.717) is 19.1 Å². The van der Waals surface area contributed by atoms with Crippen LogP contribution >= 0.6 is 0 Å². The molecule has 0 unspecified atom stereocenters. The third-order valence-electron chi connectivity index (χ3n) is 9.18. The largest absolute Gasteiger partial charge is 0.460 e. The highest BCUT2D eigenvalue weighted by molar-refractivity contribution is 5.99. The minimum atomic E-state index is -10.5. The van der Waals surface area contributed by atoms with Crippen LogP contribution in [-0.4, -0.2) is 126 Å². The van der Waals surface area contributed by atoms with Gasteiger partial charge in [-0.3, -0.25) is 9.59 Å². The van der Waals surface area contributed by atoms with Crippen molar-refractivity contribution in [1.82, 2.24) is 5.32 Å².